The van der Waals surface area contributed by atoms with Crippen LogP contribution >= 0.6 is 0 Å². The molecule has 1 fully saturated rings. The monoisotopic (exact) mass is 329 g/mol. The molecule has 2 heterocycles. The molecule has 1 aliphatic rings. The summed E-state index contributed by atoms with van der Waals surface area (Å²) in [5.41, 5.74) is 1.63. The number of ether oxygens (including phenoxy) is 1. The molecular formula is C17H23N5O2. The van der Waals surface area contributed by atoms with Crippen LogP contribution in [0.15, 0.2) is 36.7 Å². The van der Waals surface area contributed by atoms with Gasteiger partial charge in [0, 0.05) is 24.8 Å². The van der Waals surface area contributed by atoms with Crippen molar-refractivity contribution in [1.82, 2.24) is 20.3 Å². The Morgan fingerprint density at radius 1 is 1.38 bits per heavy atom. The number of rotatable bonds is 5. The Bertz CT molecular complexity index is 654. The van der Waals surface area contributed by atoms with Gasteiger partial charge in [0.25, 0.3) is 0 Å². The number of anilines is 1. The Labute approximate surface area is 141 Å². The van der Waals surface area contributed by atoms with E-state index in [0.29, 0.717) is 18.4 Å². The molecule has 1 aromatic heterocycles. The lowest BCUT2D eigenvalue weighted by Gasteiger charge is -2.22. The van der Waals surface area contributed by atoms with Gasteiger partial charge in [0.2, 0.25) is 0 Å². The first kappa shape index (κ1) is 16.4. The van der Waals surface area contributed by atoms with Crippen LogP contribution in [0.2, 0.25) is 0 Å². The molecule has 0 bridgehead atoms. The zero-order chi connectivity index (χ0) is 16.9. The average molecular weight is 329 g/mol. The largest absolute Gasteiger partial charge is 0.378 e. The predicted octanol–water partition coefficient (Wildman–Crippen LogP) is 2.45. The van der Waals surface area contributed by atoms with Crippen LogP contribution in [-0.4, -0.2) is 40.3 Å². The molecule has 7 heteroatoms. The van der Waals surface area contributed by atoms with Crippen LogP contribution in [0.25, 0.3) is 5.69 Å². The maximum atomic E-state index is 12.1. The SMILES string of the molecule is CC(C)[C@@H]1OCC[C@@H]1CNC(=O)Nc1ccc(-n2ccnn2)cc1. The number of hydrogen-bond acceptors (Lipinski definition) is 4. The van der Waals surface area contributed by atoms with E-state index in [1.807, 2.05) is 24.3 Å². The normalized spacial score (nSPS) is 20.3. The van der Waals surface area contributed by atoms with Crippen molar-refractivity contribution in [2.24, 2.45) is 11.8 Å². The second kappa shape index (κ2) is 7.44. The Hall–Kier alpha value is -2.41. The van der Waals surface area contributed by atoms with Gasteiger partial charge in [-0.15, -0.1) is 5.10 Å². The molecule has 1 aromatic carbocycles. The molecule has 128 valence electrons. The van der Waals surface area contributed by atoms with E-state index in [-0.39, 0.29) is 12.1 Å². The zero-order valence-corrected chi connectivity index (χ0v) is 14.0. The van der Waals surface area contributed by atoms with E-state index in [4.69, 9.17) is 4.74 Å². The molecule has 7 nitrogen and oxygen atoms in total. The molecule has 0 radical (unpaired) electrons. The molecule has 0 unspecified atom stereocenters. The molecule has 1 aliphatic heterocycles. The summed E-state index contributed by atoms with van der Waals surface area (Å²) in [7, 11) is 0. The van der Waals surface area contributed by atoms with Gasteiger partial charge in [-0.25, -0.2) is 9.48 Å². The van der Waals surface area contributed by atoms with E-state index in [1.165, 1.54) is 0 Å². The maximum Gasteiger partial charge on any atom is 0.319 e. The summed E-state index contributed by atoms with van der Waals surface area (Å²) in [6.07, 6.45) is 4.61. The van der Waals surface area contributed by atoms with Gasteiger partial charge >= 0.3 is 6.03 Å². The summed E-state index contributed by atoms with van der Waals surface area (Å²) < 4.78 is 7.40. The third kappa shape index (κ3) is 3.91. The van der Waals surface area contributed by atoms with E-state index in [1.54, 1.807) is 17.1 Å². The van der Waals surface area contributed by atoms with Crippen molar-refractivity contribution in [1.29, 1.82) is 0 Å². The second-order valence-electron chi connectivity index (χ2n) is 6.36. The summed E-state index contributed by atoms with van der Waals surface area (Å²) in [5.74, 6) is 0.845. The summed E-state index contributed by atoms with van der Waals surface area (Å²) in [4.78, 5) is 12.1. The number of urea groups is 1. The van der Waals surface area contributed by atoms with Crippen molar-refractivity contribution >= 4 is 11.7 Å². The van der Waals surface area contributed by atoms with E-state index in [9.17, 15) is 4.79 Å². The molecule has 3 rings (SSSR count). The lowest BCUT2D eigenvalue weighted by Crippen LogP contribution is -2.37. The van der Waals surface area contributed by atoms with Gasteiger partial charge in [-0.3, -0.25) is 0 Å². The number of carbonyl (C=O) groups is 1. The molecule has 24 heavy (non-hydrogen) atoms. The number of hydrogen-bond donors (Lipinski definition) is 2. The highest BCUT2D eigenvalue weighted by molar-refractivity contribution is 5.89. The summed E-state index contributed by atoms with van der Waals surface area (Å²) in [6.45, 7) is 5.71. The molecular weight excluding hydrogens is 306 g/mol. The Kier molecular flexibility index (Phi) is 5.10. The average Bonchev–Trinajstić information content (AvgIpc) is 3.25. The van der Waals surface area contributed by atoms with Crippen molar-refractivity contribution in [2.45, 2.75) is 26.4 Å². The van der Waals surface area contributed by atoms with Crippen LogP contribution in [0.4, 0.5) is 10.5 Å². The molecule has 2 atom stereocenters. The predicted molar refractivity (Wildman–Crippen MR) is 91.1 cm³/mol. The second-order valence-corrected chi connectivity index (χ2v) is 6.36. The van der Waals surface area contributed by atoms with E-state index in [2.05, 4.69) is 34.8 Å². The quantitative estimate of drug-likeness (QED) is 0.883. The van der Waals surface area contributed by atoms with Gasteiger partial charge in [-0.1, -0.05) is 19.1 Å². The van der Waals surface area contributed by atoms with Crippen LogP contribution in [0.5, 0.6) is 0 Å². The molecule has 0 aliphatic carbocycles. The third-order valence-corrected chi connectivity index (χ3v) is 4.26. The van der Waals surface area contributed by atoms with E-state index in [0.717, 1.165) is 24.4 Å². The fraction of sp³-hybridized carbons (Fsp3) is 0.471. The van der Waals surface area contributed by atoms with Gasteiger partial charge in [-0.05, 0) is 36.6 Å². The highest BCUT2D eigenvalue weighted by atomic mass is 16.5. The molecule has 2 amide bonds. The van der Waals surface area contributed by atoms with Crippen LogP contribution in [0.3, 0.4) is 0 Å². The Balaban J connectivity index is 1.50. The fourth-order valence-corrected chi connectivity index (χ4v) is 3.05. The smallest absolute Gasteiger partial charge is 0.319 e. The van der Waals surface area contributed by atoms with Gasteiger partial charge in [0.1, 0.15) is 0 Å². The third-order valence-electron chi connectivity index (χ3n) is 4.26. The van der Waals surface area contributed by atoms with Crippen LogP contribution in [-0.2, 0) is 4.74 Å². The Morgan fingerprint density at radius 3 is 2.83 bits per heavy atom. The minimum atomic E-state index is -0.196. The molecule has 0 saturated carbocycles. The van der Waals surface area contributed by atoms with Crippen molar-refractivity contribution in [3.63, 3.8) is 0 Å². The topological polar surface area (TPSA) is 81.1 Å². The van der Waals surface area contributed by atoms with Crippen LogP contribution in [0.1, 0.15) is 20.3 Å². The number of nitrogens with zero attached hydrogens (tertiary/aromatic N) is 3. The van der Waals surface area contributed by atoms with E-state index < -0.39 is 0 Å². The first-order chi connectivity index (χ1) is 11.6. The highest BCUT2D eigenvalue weighted by Crippen LogP contribution is 2.26. The van der Waals surface area contributed by atoms with E-state index >= 15 is 0 Å². The van der Waals surface area contributed by atoms with Crippen molar-refractivity contribution < 1.29 is 9.53 Å². The lowest BCUT2D eigenvalue weighted by molar-refractivity contribution is 0.0546. The summed E-state index contributed by atoms with van der Waals surface area (Å²) in [6, 6.07) is 7.24. The van der Waals surface area contributed by atoms with Crippen LogP contribution < -0.4 is 10.6 Å². The number of aromatic nitrogens is 3. The first-order valence-electron chi connectivity index (χ1n) is 8.26. The lowest BCUT2D eigenvalue weighted by atomic mass is 9.93. The number of carbonyl (C=O) groups excluding carboxylic acids is 1. The molecule has 1 saturated heterocycles. The molecule has 2 N–H and O–H groups in total. The van der Waals surface area contributed by atoms with Crippen molar-refractivity contribution in [2.75, 3.05) is 18.5 Å². The summed E-state index contributed by atoms with van der Waals surface area (Å²) in [5, 5.41) is 13.5. The number of amides is 2. The summed E-state index contributed by atoms with van der Waals surface area (Å²) >= 11 is 0. The minimum Gasteiger partial charge on any atom is -0.378 e. The van der Waals surface area contributed by atoms with Gasteiger partial charge in [-0.2, -0.15) is 0 Å². The standard InChI is InChI=1S/C17H23N5O2/c1-12(2)16-13(7-10-24-16)11-18-17(23)20-14-3-5-15(6-4-14)22-9-8-19-21-22/h3-6,8-9,12-13,16H,7,10-11H2,1-2H3,(H2,18,20,23)/t13-,16+/m1/s1. The van der Waals surface area contributed by atoms with Crippen molar-refractivity contribution in [3.8, 4) is 5.69 Å². The molecule has 0 spiro atoms. The van der Waals surface area contributed by atoms with Crippen LogP contribution in [0, 0.1) is 11.8 Å². The number of nitrogens with one attached hydrogen (secondary N) is 2. The van der Waals surface area contributed by atoms with Gasteiger partial charge in [0.05, 0.1) is 24.2 Å². The Morgan fingerprint density at radius 2 is 2.17 bits per heavy atom. The highest BCUT2D eigenvalue weighted by Gasteiger charge is 2.30. The maximum absolute atomic E-state index is 12.1. The van der Waals surface area contributed by atoms with Gasteiger partial charge in [0.15, 0.2) is 0 Å². The number of benzene rings is 1. The first-order valence-corrected chi connectivity index (χ1v) is 8.26. The molecule has 2 aromatic rings. The fourth-order valence-electron chi connectivity index (χ4n) is 3.05. The zero-order valence-electron chi connectivity index (χ0n) is 14.0. The van der Waals surface area contributed by atoms with Crippen molar-refractivity contribution in [3.05, 3.63) is 36.7 Å². The minimum absolute atomic E-state index is 0.196. The van der Waals surface area contributed by atoms with Gasteiger partial charge < -0.3 is 15.4 Å².